The van der Waals surface area contributed by atoms with Crippen LogP contribution in [0, 0.1) is 11.8 Å². The zero-order chi connectivity index (χ0) is 12.9. The molecule has 0 rings (SSSR count). The van der Waals surface area contributed by atoms with Crippen molar-refractivity contribution in [3.8, 4) is 0 Å². The number of carboxylic acids is 1. The molecule has 0 aromatic heterocycles. The van der Waals surface area contributed by atoms with Gasteiger partial charge in [0.25, 0.3) is 0 Å². The molecule has 0 heterocycles. The van der Waals surface area contributed by atoms with Crippen molar-refractivity contribution in [2.24, 2.45) is 11.8 Å². The monoisotopic (exact) mass is 242 g/mol. The predicted octanol–water partition coefficient (Wildman–Crippen LogP) is 2.44. The van der Waals surface area contributed by atoms with Crippen molar-refractivity contribution in [3.05, 3.63) is 0 Å². The van der Waals surface area contributed by atoms with Crippen LogP contribution in [0.3, 0.4) is 0 Å². The molecular formula is C10H17F3O3. The summed E-state index contributed by atoms with van der Waals surface area (Å²) in [5, 5.41) is 18.2. The summed E-state index contributed by atoms with van der Waals surface area (Å²) in [6.45, 7) is 3.51. The largest absolute Gasteiger partial charge is 0.481 e. The summed E-state index contributed by atoms with van der Waals surface area (Å²) in [5.41, 5.74) is 0. The molecule has 0 unspecified atom stereocenters. The van der Waals surface area contributed by atoms with E-state index in [9.17, 15) is 23.1 Å². The highest BCUT2D eigenvalue weighted by Gasteiger charge is 2.32. The van der Waals surface area contributed by atoms with Crippen LogP contribution in [0.4, 0.5) is 13.2 Å². The first-order valence-corrected chi connectivity index (χ1v) is 5.11. The van der Waals surface area contributed by atoms with E-state index in [1.807, 2.05) is 0 Å². The van der Waals surface area contributed by atoms with Crippen LogP contribution in [-0.2, 0) is 4.79 Å². The molecule has 0 aliphatic rings. The van der Waals surface area contributed by atoms with Gasteiger partial charge in [0.15, 0.2) is 0 Å². The molecule has 0 spiro atoms. The van der Waals surface area contributed by atoms with E-state index in [2.05, 4.69) is 0 Å². The number of halogens is 3. The Morgan fingerprint density at radius 1 is 1.31 bits per heavy atom. The van der Waals surface area contributed by atoms with E-state index in [4.69, 9.17) is 5.11 Å². The average molecular weight is 242 g/mol. The lowest BCUT2D eigenvalue weighted by Crippen LogP contribution is -2.30. The maximum Gasteiger partial charge on any atom is 0.389 e. The summed E-state index contributed by atoms with van der Waals surface area (Å²) in [4.78, 5) is 10.8. The molecule has 0 saturated carbocycles. The summed E-state index contributed by atoms with van der Waals surface area (Å²) < 4.78 is 35.7. The van der Waals surface area contributed by atoms with Gasteiger partial charge in [-0.3, -0.25) is 4.79 Å². The van der Waals surface area contributed by atoms with Crippen molar-refractivity contribution < 1.29 is 28.2 Å². The highest BCUT2D eigenvalue weighted by atomic mass is 19.4. The van der Waals surface area contributed by atoms with Gasteiger partial charge in [-0.05, 0) is 18.8 Å². The fraction of sp³-hybridized carbons (Fsp3) is 0.900. The first kappa shape index (κ1) is 15.2. The third-order valence-corrected chi connectivity index (χ3v) is 2.23. The Kier molecular flexibility index (Phi) is 5.78. The SMILES string of the molecule is CC(C)C[C@@H](C(=O)O)[C@H](O)CCC(F)(F)F. The third kappa shape index (κ3) is 6.66. The second-order valence-electron chi connectivity index (χ2n) is 4.30. The number of alkyl halides is 3. The molecular weight excluding hydrogens is 225 g/mol. The first-order chi connectivity index (χ1) is 7.13. The fourth-order valence-corrected chi connectivity index (χ4v) is 1.44. The second-order valence-corrected chi connectivity index (χ2v) is 4.30. The quantitative estimate of drug-likeness (QED) is 0.752. The number of aliphatic carboxylic acids is 1. The number of hydrogen-bond donors (Lipinski definition) is 2. The fourth-order valence-electron chi connectivity index (χ4n) is 1.44. The lowest BCUT2D eigenvalue weighted by molar-refractivity contribution is -0.153. The average Bonchev–Trinajstić information content (AvgIpc) is 2.08. The Morgan fingerprint density at radius 3 is 2.12 bits per heavy atom. The molecule has 0 aliphatic heterocycles. The van der Waals surface area contributed by atoms with Crippen molar-refractivity contribution in [1.29, 1.82) is 0 Å². The zero-order valence-corrected chi connectivity index (χ0v) is 9.29. The number of hydrogen-bond acceptors (Lipinski definition) is 2. The molecule has 0 amide bonds. The van der Waals surface area contributed by atoms with Gasteiger partial charge in [0.2, 0.25) is 0 Å². The molecule has 0 aliphatic carbocycles. The van der Waals surface area contributed by atoms with E-state index >= 15 is 0 Å². The number of aliphatic hydroxyl groups excluding tert-OH is 1. The van der Waals surface area contributed by atoms with Crippen LogP contribution in [0.25, 0.3) is 0 Å². The van der Waals surface area contributed by atoms with Crippen LogP contribution in [0.15, 0.2) is 0 Å². The standard InChI is InChI=1S/C10H17F3O3/c1-6(2)5-7(9(15)16)8(14)3-4-10(11,12)13/h6-8,14H,3-5H2,1-2H3,(H,15,16)/t7-,8-/m1/s1. The number of rotatable bonds is 6. The summed E-state index contributed by atoms with van der Waals surface area (Å²) in [6.07, 6.45) is -7.35. The molecule has 2 atom stereocenters. The van der Waals surface area contributed by atoms with Crippen LogP contribution >= 0.6 is 0 Å². The Hall–Kier alpha value is -0.780. The van der Waals surface area contributed by atoms with Crippen molar-refractivity contribution in [2.45, 2.75) is 45.4 Å². The maximum atomic E-state index is 11.9. The molecule has 0 aromatic carbocycles. The van der Waals surface area contributed by atoms with Crippen LogP contribution in [0.2, 0.25) is 0 Å². The van der Waals surface area contributed by atoms with Crippen LogP contribution < -0.4 is 0 Å². The van der Waals surface area contributed by atoms with Gasteiger partial charge in [-0.15, -0.1) is 0 Å². The normalized spacial score (nSPS) is 16.2. The summed E-state index contributed by atoms with van der Waals surface area (Å²) in [5.74, 6) is -2.35. The molecule has 16 heavy (non-hydrogen) atoms. The van der Waals surface area contributed by atoms with Gasteiger partial charge in [-0.1, -0.05) is 13.8 Å². The van der Waals surface area contributed by atoms with Crippen LogP contribution in [0.5, 0.6) is 0 Å². The molecule has 0 fully saturated rings. The minimum absolute atomic E-state index is 0.0154. The van der Waals surface area contributed by atoms with Gasteiger partial charge in [-0.2, -0.15) is 13.2 Å². The summed E-state index contributed by atoms with van der Waals surface area (Å²) in [7, 11) is 0. The number of carbonyl (C=O) groups is 1. The van der Waals surface area contributed by atoms with E-state index in [-0.39, 0.29) is 12.3 Å². The van der Waals surface area contributed by atoms with Gasteiger partial charge >= 0.3 is 12.1 Å². The zero-order valence-electron chi connectivity index (χ0n) is 9.29. The van der Waals surface area contributed by atoms with Crippen molar-refractivity contribution in [3.63, 3.8) is 0 Å². The van der Waals surface area contributed by atoms with E-state index in [1.54, 1.807) is 13.8 Å². The van der Waals surface area contributed by atoms with E-state index in [0.29, 0.717) is 0 Å². The van der Waals surface area contributed by atoms with E-state index in [1.165, 1.54) is 0 Å². The van der Waals surface area contributed by atoms with Crippen molar-refractivity contribution in [2.75, 3.05) is 0 Å². The van der Waals surface area contributed by atoms with E-state index < -0.39 is 37.0 Å². The Bertz CT molecular complexity index is 226. The maximum absolute atomic E-state index is 11.9. The molecule has 96 valence electrons. The van der Waals surface area contributed by atoms with Gasteiger partial charge < -0.3 is 10.2 Å². The molecule has 6 heteroatoms. The van der Waals surface area contributed by atoms with Crippen LogP contribution in [0.1, 0.15) is 33.1 Å². The Balaban J connectivity index is 4.28. The number of carboxylic acid groups (broad SMARTS) is 1. The topological polar surface area (TPSA) is 57.5 Å². The minimum atomic E-state index is -4.36. The van der Waals surface area contributed by atoms with Gasteiger partial charge in [0, 0.05) is 6.42 Å². The third-order valence-electron chi connectivity index (χ3n) is 2.23. The second kappa shape index (κ2) is 6.08. The molecule has 0 aromatic rings. The lowest BCUT2D eigenvalue weighted by Gasteiger charge is -2.21. The molecule has 2 N–H and O–H groups in total. The molecule has 0 saturated heterocycles. The highest BCUT2D eigenvalue weighted by Crippen LogP contribution is 2.26. The predicted molar refractivity (Wildman–Crippen MR) is 51.9 cm³/mol. The molecule has 3 nitrogen and oxygen atoms in total. The Labute approximate surface area is 92.3 Å². The first-order valence-electron chi connectivity index (χ1n) is 5.11. The Morgan fingerprint density at radius 2 is 1.81 bits per heavy atom. The van der Waals surface area contributed by atoms with Gasteiger partial charge in [0.1, 0.15) is 0 Å². The molecule has 0 radical (unpaired) electrons. The van der Waals surface area contributed by atoms with Crippen LogP contribution in [-0.4, -0.2) is 28.5 Å². The smallest absolute Gasteiger partial charge is 0.389 e. The minimum Gasteiger partial charge on any atom is -0.481 e. The van der Waals surface area contributed by atoms with E-state index in [0.717, 1.165) is 0 Å². The van der Waals surface area contributed by atoms with Gasteiger partial charge in [0.05, 0.1) is 12.0 Å². The highest BCUT2D eigenvalue weighted by molar-refractivity contribution is 5.70. The summed E-state index contributed by atoms with van der Waals surface area (Å²) in [6, 6.07) is 0. The lowest BCUT2D eigenvalue weighted by atomic mass is 9.90. The number of aliphatic hydroxyl groups is 1. The van der Waals surface area contributed by atoms with Crippen molar-refractivity contribution >= 4 is 5.97 Å². The van der Waals surface area contributed by atoms with Crippen molar-refractivity contribution in [1.82, 2.24) is 0 Å². The van der Waals surface area contributed by atoms with Gasteiger partial charge in [-0.25, -0.2) is 0 Å². The summed E-state index contributed by atoms with van der Waals surface area (Å²) >= 11 is 0. The molecule has 0 bridgehead atoms.